The highest BCUT2D eigenvalue weighted by Gasteiger charge is 2.20. The molecular formula is C15H11BrClNO3. The molecule has 0 saturated heterocycles. The average molecular weight is 369 g/mol. The van der Waals surface area contributed by atoms with Gasteiger partial charge >= 0.3 is 5.97 Å². The maximum atomic E-state index is 12.5. The van der Waals surface area contributed by atoms with Crippen molar-refractivity contribution in [3.8, 4) is 0 Å². The number of carboxylic acid groups (broad SMARTS) is 1. The van der Waals surface area contributed by atoms with Crippen molar-refractivity contribution < 1.29 is 14.7 Å². The van der Waals surface area contributed by atoms with E-state index in [4.69, 9.17) is 16.7 Å². The fourth-order valence-corrected chi connectivity index (χ4v) is 2.42. The molecule has 6 heteroatoms. The second kappa shape index (κ2) is 6.74. The molecular weight excluding hydrogens is 358 g/mol. The molecule has 0 aliphatic rings. The van der Waals surface area contributed by atoms with E-state index in [1.165, 1.54) is 4.90 Å². The number of carbonyl (C=O) groups is 2. The van der Waals surface area contributed by atoms with E-state index >= 15 is 0 Å². The van der Waals surface area contributed by atoms with Crippen molar-refractivity contribution >= 4 is 45.1 Å². The Morgan fingerprint density at radius 3 is 2.48 bits per heavy atom. The summed E-state index contributed by atoms with van der Waals surface area (Å²) in [5.41, 5.74) is 0.834. The second-order valence-corrected chi connectivity index (χ2v) is 5.63. The number of hydrogen-bond acceptors (Lipinski definition) is 2. The number of carbonyl (C=O) groups excluding carboxylic acids is 1. The van der Waals surface area contributed by atoms with Gasteiger partial charge in [0.25, 0.3) is 5.91 Å². The Hall–Kier alpha value is -1.85. The highest BCUT2D eigenvalue weighted by Crippen LogP contribution is 2.22. The fraction of sp³-hybridized carbons (Fsp3) is 0.0667. The van der Waals surface area contributed by atoms with Gasteiger partial charge in [-0.05, 0) is 36.4 Å². The van der Waals surface area contributed by atoms with E-state index in [1.807, 2.05) is 0 Å². The molecule has 2 aromatic rings. The molecule has 2 aromatic carbocycles. The van der Waals surface area contributed by atoms with Gasteiger partial charge in [-0.1, -0.05) is 39.7 Å². The highest BCUT2D eigenvalue weighted by atomic mass is 79.9. The van der Waals surface area contributed by atoms with Crippen LogP contribution in [0.3, 0.4) is 0 Å². The number of amides is 1. The minimum Gasteiger partial charge on any atom is -0.480 e. The Kier molecular flexibility index (Phi) is 4.98. The summed E-state index contributed by atoms with van der Waals surface area (Å²) in [5, 5.41) is 9.46. The Bertz CT molecular complexity index is 690. The summed E-state index contributed by atoms with van der Waals surface area (Å²) in [6.45, 7) is -0.439. The van der Waals surface area contributed by atoms with E-state index in [-0.39, 0.29) is 0 Å². The first-order valence-electron chi connectivity index (χ1n) is 6.02. The van der Waals surface area contributed by atoms with Crippen molar-refractivity contribution in [3.05, 3.63) is 63.6 Å². The van der Waals surface area contributed by atoms with E-state index in [1.54, 1.807) is 48.5 Å². The Morgan fingerprint density at radius 1 is 1.14 bits per heavy atom. The molecule has 1 N–H and O–H groups in total. The zero-order chi connectivity index (χ0) is 15.4. The molecule has 0 atom stereocenters. The predicted molar refractivity (Wildman–Crippen MR) is 84.9 cm³/mol. The summed E-state index contributed by atoms with van der Waals surface area (Å²) < 4.78 is 0.745. The number of hydrogen-bond donors (Lipinski definition) is 1. The normalized spacial score (nSPS) is 10.2. The third kappa shape index (κ3) is 4.06. The molecule has 108 valence electrons. The molecule has 0 heterocycles. The molecule has 0 aliphatic heterocycles. The van der Waals surface area contributed by atoms with Crippen LogP contribution >= 0.6 is 27.5 Å². The molecule has 0 radical (unpaired) electrons. The molecule has 0 fully saturated rings. The molecule has 0 spiro atoms. The van der Waals surface area contributed by atoms with Gasteiger partial charge in [0.2, 0.25) is 0 Å². The van der Waals surface area contributed by atoms with Crippen molar-refractivity contribution in [1.29, 1.82) is 0 Å². The lowest BCUT2D eigenvalue weighted by Gasteiger charge is -2.21. The molecule has 0 aromatic heterocycles. The van der Waals surface area contributed by atoms with E-state index in [0.29, 0.717) is 16.3 Å². The number of benzene rings is 2. The first kappa shape index (κ1) is 15.5. The smallest absolute Gasteiger partial charge is 0.323 e. The molecule has 4 nitrogen and oxygen atoms in total. The lowest BCUT2D eigenvalue weighted by molar-refractivity contribution is -0.135. The van der Waals surface area contributed by atoms with E-state index in [2.05, 4.69) is 15.9 Å². The Morgan fingerprint density at radius 2 is 1.86 bits per heavy atom. The van der Waals surface area contributed by atoms with Crippen LogP contribution in [-0.4, -0.2) is 23.5 Å². The lowest BCUT2D eigenvalue weighted by Crippen LogP contribution is -2.35. The van der Waals surface area contributed by atoms with Crippen LogP contribution in [0.2, 0.25) is 5.02 Å². The number of nitrogens with zero attached hydrogens (tertiary/aromatic N) is 1. The van der Waals surface area contributed by atoms with Gasteiger partial charge in [0.1, 0.15) is 6.54 Å². The van der Waals surface area contributed by atoms with Gasteiger partial charge in [-0.2, -0.15) is 0 Å². The zero-order valence-corrected chi connectivity index (χ0v) is 13.1. The van der Waals surface area contributed by atoms with Crippen molar-refractivity contribution in [2.24, 2.45) is 0 Å². The van der Waals surface area contributed by atoms with Crippen LogP contribution in [0.4, 0.5) is 5.69 Å². The Labute approximate surface area is 135 Å². The average Bonchev–Trinajstić information content (AvgIpc) is 2.44. The van der Waals surface area contributed by atoms with Gasteiger partial charge in [-0.25, -0.2) is 0 Å². The number of halogens is 2. The first-order chi connectivity index (χ1) is 9.97. The van der Waals surface area contributed by atoms with Crippen LogP contribution in [0.15, 0.2) is 53.0 Å². The molecule has 0 saturated carbocycles. The van der Waals surface area contributed by atoms with Crippen molar-refractivity contribution in [3.63, 3.8) is 0 Å². The molecule has 1 amide bonds. The van der Waals surface area contributed by atoms with Crippen molar-refractivity contribution in [2.45, 2.75) is 0 Å². The van der Waals surface area contributed by atoms with E-state index in [9.17, 15) is 9.59 Å². The quantitative estimate of drug-likeness (QED) is 0.892. The summed E-state index contributed by atoms with van der Waals surface area (Å²) in [7, 11) is 0. The van der Waals surface area contributed by atoms with Crippen molar-refractivity contribution in [1.82, 2.24) is 0 Å². The van der Waals surface area contributed by atoms with Crippen LogP contribution in [0.5, 0.6) is 0 Å². The summed E-state index contributed by atoms with van der Waals surface area (Å²) >= 11 is 9.20. The van der Waals surface area contributed by atoms with Crippen LogP contribution < -0.4 is 4.90 Å². The van der Waals surface area contributed by atoms with Gasteiger partial charge in [-0.3, -0.25) is 14.5 Å². The SMILES string of the molecule is O=C(O)CN(C(=O)c1cccc(Br)c1)c1cccc(Cl)c1. The topological polar surface area (TPSA) is 57.6 Å². The van der Waals surface area contributed by atoms with Crippen LogP contribution in [0.25, 0.3) is 0 Å². The largest absolute Gasteiger partial charge is 0.480 e. The van der Waals surface area contributed by atoms with Gasteiger partial charge in [0, 0.05) is 20.7 Å². The molecule has 0 unspecified atom stereocenters. The van der Waals surface area contributed by atoms with Gasteiger partial charge in [0.05, 0.1) is 0 Å². The van der Waals surface area contributed by atoms with Crippen LogP contribution in [0.1, 0.15) is 10.4 Å². The Balaban J connectivity index is 2.40. The molecule has 21 heavy (non-hydrogen) atoms. The summed E-state index contributed by atoms with van der Waals surface area (Å²) in [4.78, 5) is 24.8. The number of anilines is 1. The maximum absolute atomic E-state index is 12.5. The minimum absolute atomic E-state index is 0.394. The maximum Gasteiger partial charge on any atom is 0.323 e. The highest BCUT2D eigenvalue weighted by molar-refractivity contribution is 9.10. The van der Waals surface area contributed by atoms with Gasteiger partial charge < -0.3 is 5.11 Å². The number of aliphatic carboxylic acids is 1. The van der Waals surface area contributed by atoms with Crippen LogP contribution in [-0.2, 0) is 4.79 Å². The van der Waals surface area contributed by atoms with Crippen molar-refractivity contribution in [2.75, 3.05) is 11.4 Å². The minimum atomic E-state index is -1.10. The first-order valence-corrected chi connectivity index (χ1v) is 7.19. The molecule has 2 rings (SSSR count). The predicted octanol–water partition coefficient (Wildman–Crippen LogP) is 3.83. The van der Waals surface area contributed by atoms with Crippen LogP contribution in [0, 0.1) is 0 Å². The molecule has 0 aliphatic carbocycles. The van der Waals surface area contributed by atoms with Gasteiger partial charge in [0.15, 0.2) is 0 Å². The summed E-state index contributed by atoms with van der Waals surface area (Å²) in [5.74, 6) is -1.50. The van der Waals surface area contributed by atoms with Gasteiger partial charge in [-0.15, -0.1) is 0 Å². The third-order valence-electron chi connectivity index (χ3n) is 2.73. The summed E-state index contributed by atoms with van der Waals surface area (Å²) in [6, 6.07) is 13.3. The van der Waals surface area contributed by atoms with E-state index in [0.717, 1.165) is 4.47 Å². The number of rotatable bonds is 4. The second-order valence-electron chi connectivity index (χ2n) is 4.28. The lowest BCUT2D eigenvalue weighted by atomic mass is 10.2. The fourth-order valence-electron chi connectivity index (χ4n) is 1.84. The van der Waals surface area contributed by atoms with E-state index < -0.39 is 18.4 Å². The molecule has 0 bridgehead atoms. The standard InChI is InChI=1S/C15H11BrClNO3/c16-11-4-1-3-10(7-11)15(21)18(9-14(19)20)13-6-2-5-12(17)8-13/h1-8H,9H2,(H,19,20). The summed E-state index contributed by atoms with van der Waals surface area (Å²) in [6.07, 6.45) is 0. The monoisotopic (exact) mass is 367 g/mol. The zero-order valence-electron chi connectivity index (χ0n) is 10.8. The number of carboxylic acids is 1. The third-order valence-corrected chi connectivity index (χ3v) is 3.46.